The maximum Gasteiger partial charge on any atom is 0.272 e. The minimum atomic E-state index is -1.09. The van der Waals surface area contributed by atoms with Crippen molar-refractivity contribution in [1.82, 2.24) is 9.55 Å². The summed E-state index contributed by atoms with van der Waals surface area (Å²) in [7, 11) is 0. The van der Waals surface area contributed by atoms with Crippen LogP contribution in [0.25, 0.3) is 10.9 Å². The Labute approximate surface area is 201 Å². The van der Waals surface area contributed by atoms with Crippen LogP contribution in [0, 0.1) is 25.2 Å². The first kappa shape index (κ1) is 21.0. The summed E-state index contributed by atoms with van der Waals surface area (Å²) in [5.74, 6) is 0.119. The van der Waals surface area contributed by atoms with Gasteiger partial charge in [-0.15, -0.1) is 0 Å². The van der Waals surface area contributed by atoms with E-state index in [1.54, 1.807) is 30.0 Å². The summed E-state index contributed by atoms with van der Waals surface area (Å²) in [5, 5.41) is 9.58. The molecule has 7 heteroatoms. The average molecular weight is 460 g/mol. The number of aliphatic imine (C=N–C) groups is 1. The number of nitriles is 1. The molecule has 0 bridgehead atoms. The molecule has 0 aliphatic carbocycles. The molecule has 0 saturated heterocycles. The number of hydrogen-bond acceptors (Lipinski definition) is 5. The molecule has 0 spiro atoms. The van der Waals surface area contributed by atoms with Gasteiger partial charge < -0.3 is 4.90 Å². The molecule has 7 nitrogen and oxygen atoms in total. The van der Waals surface area contributed by atoms with E-state index in [9.17, 15) is 14.9 Å². The maximum atomic E-state index is 14.0. The third kappa shape index (κ3) is 3.18. The Bertz CT molecular complexity index is 1680. The van der Waals surface area contributed by atoms with Crippen LogP contribution in [-0.4, -0.2) is 27.7 Å². The molecule has 6 rings (SSSR count). The Kier molecular flexibility index (Phi) is 4.64. The lowest BCUT2D eigenvalue weighted by molar-refractivity contribution is -0.121. The van der Waals surface area contributed by atoms with E-state index in [1.807, 2.05) is 37.3 Å². The number of nitrogens with zero attached hydrogens (tertiary/aromatic N) is 5. The highest BCUT2D eigenvalue weighted by Gasteiger charge is 2.38. The van der Waals surface area contributed by atoms with E-state index in [2.05, 4.69) is 23.2 Å². The monoisotopic (exact) mass is 459 g/mol. The largest absolute Gasteiger partial charge is 0.308 e. The minimum Gasteiger partial charge on any atom is -0.308 e. The zero-order chi connectivity index (χ0) is 24.3. The summed E-state index contributed by atoms with van der Waals surface area (Å²) < 4.78 is 1.39. The Morgan fingerprint density at radius 3 is 2.60 bits per heavy atom. The van der Waals surface area contributed by atoms with Crippen LogP contribution < -0.4 is 10.5 Å². The van der Waals surface area contributed by atoms with Crippen molar-refractivity contribution in [2.24, 2.45) is 4.99 Å². The second-order valence-corrected chi connectivity index (χ2v) is 8.96. The molecule has 0 saturated carbocycles. The van der Waals surface area contributed by atoms with E-state index in [0.29, 0.717) is 34.5 Å². The lowest BCUT2D eigenvalue weighted by atomic mass is 9.96. The van der Waals surface area contributed by atoms with Gasteiger partial charge in [-0.1, -0.05) is 42.0 Å². The number of amides is 1. The fraction of sp³-hybridized carbons (Fsp3) is 0.179. The van der Waals surface area contributed by atoms with Gasteiger partial charge >= 0.3 is 0 Å². The lowest BCUT2D eigenvalue weighted by Gasteiger charge is -2.23. The molecule has 0 N–H and O–H groups in total. The molecule has 1 atom stereocenters. The van der Waals surface area contributed by atoms with Crippen molar-refractivity contribution in [2.45, 2.75) is 26.4 Å². The van der Waals surface area contributed by atoms with Crippen LogP contribution >= 0.6 is 0 Å². The first-order valence-corrected chi connectivity index (χ1v) is 11.5. The minimum absolute atomic E-state index is 0.250. The quantitative estimate of drug-likeness (QED) is 0.456. The van der Waals surface area contributed by atoms with Crippen molar-refractivity contribution in [2.75, 3.05) is 11.4 Å². The first-order valence-electron chi connectivity index (χ1n) is 11.5. The van der Waals surface area contributed by atoms with Gasteiger partial charge in [0.25, 0.3) is 11.5 Å². The van der Waals surface area contributed by atoms with E-state index < -0.39 is 6.17 Å². The number of anilines is 1. The Hall–Kier alpha value is -4.57. The SMILES string of the molecule is Cc1cc2c3c(c1)C(c1ccccc1)=NC(n1c(C)nc4cc(C#N)ccc4c1=O)C(=O)N3CC2. The zero-order valence-corrected chi connectivity index (χ0v) is 19.3. The highest BCUT2D eigenvalue weighted by Crippen LogP contribution is 2.39. The normalized spacial score (nSPS) is 16.6. The molecule has 1 unspecified atom stereocenters. The summed E-state index contributed by atoms with van der Waals surface area (Å²) in [6, 6.07) is 20.8. The maximum absolute atomic E-state index is 14.0. The second-order valence-electron chi connectivity index (χ2n) is 8.96. The van der Waals surface area contributed by atoms with Gasteiger partial charge in [-0.05, 0) is 50.1 Å². The average Bonchev–Trinajstić information content (AvgIpc) is 3.24. The van der Waals surface area contributed by atoms with Gasteiger partial charge in [0.15, 0.2) is 0 Å². The molecule has 0 radical (unpaired) electrons. The van der Waals surface area contributed by atoms with Crippen LogP contribution in [-0.2, 0) is 11.2 Å². The molecule has 2 aliphatic heterocycles. The van der Waals surface area contributed by atoms with Crippen LogP contribution in [0.3, 0.4) is 0 Å². The first-order chi connectivity index (χ1) is 17.0. The number of rotatable bonds is 2. The van der Waals surface area contributed by atoms with Crippen molar-refractivity contribution in [3.05, 3.63) is 105 Å². The highest BCUT2D eigenvalue weighted by atomic mass is 16.2. The molecule has 3 heterocycles. The third-order valence-corrected chi connectivity index (χ3v) is 6.70. The van der Waals surface area contributed by atoms with Crippen molar-refractivity contribution in [3.8, 4) is 6.07 Å². The summed E-state index contributed by atoms with van der Waals surface area (Å²) in [6.07, 6.45) is -0.338. The number of hydrogen-bond donors (Lipinski definition) is 0. The van der Waals surface area contributed by atoms with Crippen molar-refractivity contribution in [1.29, 1.82) is 5.26 Å². The van der Waals surface area contributed by atoms with E-state index in [-0.39, 0.29) is 11.5 Å². The van der Waals surface area contributed by atoms with Gasteiger partial charge in [0.05, 0.1) is 33.9 Å². The molecule has 3 aromatic carbocycles. The lowest BCUT2D eigenvalue weighted by Crippen LogP contribution is -2.39. The van der Waals surface area contributed by atoms with Gasteiger partial charge in [0, 0.05) is 17.7 Å². The predicted octanol–water partition coefficient (Wildman–Crippen LogP) is 3.82. The molecular weight excluding hydrogens is 438 g/mol. The smallest absolute Gasteiger partial charge is 0.272 e. The van der Waals surface area contributed by atoms with Gasteiger partial charge in [-0.3, -0.25) is 14.2 Å². The van der Waals surface area contributed by atoms with Crippen LogP contribution in [0.2, 0.25) is 0 Å². The number of aryl methyl sites for hydroxylation is 2. The standard InChI is InChI=1S/C28H21N5O2/c1-16-12-20-10-11-32-25(20)22(13-16)24(19-6-4-3-5-7-19)31-26(28(32)35)33-17(2)30-23-14-18(15-29)8-9-21(23)27(33)34/h3-9,12-14,26H,10-11H2,1-2H3. The number of carbonyl (C=O) groups excluding carboxylic acids is 1. The molecule has 1 amide bonds. The molecule has 1 aromatic heterocycles. The van der Waals surface area contributed by atoms with E-state index in [1.165, 1.54) is 4.57 Å². The summed E-state index contributed by atoms with van der Waals surface area (Å²) >= 11 is 0. The van der Waals surface area contributed by atoms with Crippen LogP contribution in [0.5, 0.6) is 0 Å². The van der Waals surface area contributed by atoms with Crippen LogP contribution in [0.4, 0.5) is 5.69 Å². The fourth-order valence-electron chi connectivity index (χ4n) is 5.16. The van der Waals surface area contributed by atoms with Gasteiger partial charge in [0.1, 0.15) is 5.82 Å². The summed E-state index contributed by atoms with van der Waals surface area (Å²) in [5.41, 5.74) is 6.05. The summed E-state index contributed by atoms with van der Waals surface area (Å²) in [4.78, 5) is 39.0. The fourth-order valence-corrected chi connectivity index (χ4v) is 5.16. The van der Waals surface area contributed by atoms with Crippen molar-refractivity contribution in [3.63, 3.8) is 0 Å². The molecule has 4 aromatic rings. The van der Waals surface area contributed by atoms with Gasteiger partial charge in [-0.25, -0.2) is 9.98 Å². The Morgan fingerprint density at radius 1 is 1.03 bits per heavy atom. The van der Waals surface area contributed by atoms with E-state index in [4.69, 9.17) is 4.99 Å². The molecular formula is C28H21N5O2. The van der Waals surface area contributed by atoms with E-state index in [0.717, 1.165) is 34.4 Å². The topological polar surface area (TPSA) is 91.3 Å². The molecule has 170 valence electrons. The zero-order valence-electron chi connectivity index (χ0n) is 19.3. The van der Waals surface area contributed by atoms with Crippen molar-refractivity contribution >= 4 is 28.2 Å². The predicted molar refractivity (Wildman–Crippen MR) is 134 cm³/mol. The van der Waals surface area contributed by atoms with Gasteiger partial charge in [-0.2, -0.15) is 5.26 Å². The Balaban J connectivity index is 1.65. The van der Waals surface area contributed by atoms with Crippen LogP contribution in [0.15, 0.2) is 70.5 Å². The highest BCUT2D eigenvalue weighted by molar-refractivity contribution is 6.20. The number of carbonyl (C=O) groups is 1. The van der Waals surface area contributed by atoms with Gasteiger partial charge in [0.2, 0.25) is 6.17 Å². The van der Waals surface area contributed by atoms with E-state index >= 15 is 0 Å². The molecule has 35 heavy (non-hydrogen) atoms. The third-order valence-electron chi connectivity index (χ3n) is 6.70. The Morgan fingerprint density at radius 2 is 1.83 bits per heavy atom. The summed E-state index contributed by atoms with van der Waals surface area (Å²) in [6.45, 7) is 4.28. The van der Waals surface area contributed by atoms with Crippen molar-refractivity contribution < 1.29 is 4.79 Å². The second kappa shape index (κ2) is 7.74. The number of benzene rings is 3. The number of aromatic nitrogens is 2. The van der Waals surface area contributed by atoms with Crippen LogP contribution in [0.1, 0.15) is 39.8 Å². The number of fused-ring (bicyclic) bond motifs is 1. The molecule has 0 fully saturated rings. The molecule has 2 aliphatic rings.